The van der Waals surface area contributed by atoms with Crippen LogP contribution in [-0.4, -0.2) is 49.9 Å². The van der Waals surface area contributed by atoms with Gasteiger partial charge in [-0.3, -0.25) is 9.69 Å². The molecule has 2 aromatic heterocycles. The van der Waals surface area contributed by atoms with Crippen molar-refractivity contribution >= 4 is 10.9 Å². The van der Waals surface area contributed by atoms with E-state index in [0.29, 0.717) is 37.5 Å². The number of pyridine rings is 1. The SMILES string of the molecule is COc1ccc2cc(CN(Cc3ccccc3)Cc3nnnn3C[C@@H]3CCCO3)c(=O)[nH]c2c1. The maximum Gasteiger partial charge on any atom is 0.252 e. The molecule has 5 rings (SSSR count). The Morgan fingerprint density at radius 1 is 1.15 bits per heavy atom. The maximum absolute atomic E-state index is 12.9. The third kappa shape index (κ3) is 5.16. The van der Waals surface area contributed by atoms with Crippen LogP contribution in [0.1, 0.15) is 29.8 Å². The number of nitrogens with one attached hydrogen (secondary N) is 1. The van der Waals surface area contributed by atoms with E-state index in [-0.39, 0.29) is 11.7 Å². The number of hydrogen-bond acceptors (Lipinski definition) is 7. The van der Waals surface area contributed by atoms with Gasteiger partial charge in [0.25, 0.3) is 5.56 Å². The van der Waals surface area contributed by atoms with Gasteiger partial charge in [-0.2, -0.15) is 0 Å². The number of ether oxygens (including phenoxy) is 2. The molecule has 0 saturated carbocycles. The van der Waals surface area contributed by atoms with E-state index in [9.17, 15) is 4.79 Å². The van der Waals surface area contributed by atoms with Gasteiger partial charge in [-0.25, -0.2) is 4.68 Å². The fourth-order valence-electron chi connectivity index (χ4n) is 4.38. The Morgan fingerprint density at radius 3 is 2.82 bits per heavy atom. The summed E-state index contributed by atoms with van der Waals surface area (Å²) in [5.41, 5.74) is 2.48. The maximum atomic E-state index is 12.9. The van der Waals surface area contributed by atoms with Gasteiger partial charge >= 0.3 is 0 Å². The van der Waals surface area contributed by atoms with E-state index < -0.39 is 0 Å². The Bertz CT molecular complexity index is 1300. The number of hydrogen-bond donors (Lipinski definition) is 1. The molecule has 0 unspecified atom stereocenters. The van der Waals surface area contributed by atoms with E-state index in [2.05, 4.69) is 37.5 Å². The van der Waals surface area contributed by atoms with Gasteiger partial charge in [0.2, 0.25) is 0 Å². The number of methoxy groups -OCH3 is 1. The first-order valence-corrected chi connectivity index (χ1v) is 11.5. The molecular weight excluding hydrogens is 432 g/mol. The molecule has 1 fully saturated rings. The quantitative estimate of drug-likeness (QED) is 0.410. The minimum absolute atomic E-state index is 0.113. The number of rotatable bonds is 9. The van der Waals surface area contributed by atoms with Crippen LogP contribution in [0.4, 0.5) is 0 Å². The van der Waals surface area contributed by atoms with Crippen LogP contribution in [0.3, 0.4) is 0 Å². The molecule has 0 radical (unpaired) electrons. The Balaban J connectivity index is 1.41. The molecule has 1 aliphatic heterocycles. The fourth-order valence-corrected chi connectivity index (χ4v) is 4.38. The number of aromatic amines is 1. The molecule has 0 bridgehead atoms. The van der Waals surface area contributed by atoms with Crippen molar-refractivity contribution in [3.63, 3.8) is 0 Å². The Kier molecular flexibility index (Phi) is 6.64. The van der Waals surface area contributed by atoms with Crippen molar-refractivity contribution in [2.45, 2.75) is 45.1 Å². The van der Waals surface area contributed by atoms with Gasteiger partial charge in [0, 0.05) is 31.3 Å². The van der Waals surface area contributed by atoms with Gasteiger partial charge in [0.1, 0.15) is 5.75 Å². The largest absolute Gasteiger partial charge is 0.497 e. The lowest BCUT2D eigenvalue weighted by Gasteiger charge is -2.22. The van der Waals surface area contributed by atoms with E-state index in [4.69, 9.17) is 9.47 Å². The van der Waals surface area contributed by atoms with Crippen molar-refractivity contribution in [3.05, 3.63) is 81.9 Å². The van der Waals surface area contributed by atoms with Crippen molar-refractivity contribution in [2.75, 3.05) is 13.7 Å². The van der Waals surface area contributed by atoms with Gasteiger partial charge in [0.15, 0.2) is 5.82 Å². The summed E-state index contributed by atoms with van der Waals surface area (Å²) in [7, 11) is 1.61. The van der Waals surface area contributed by atoms with E-state index >= 15 is 0 Å². The summed E-state index contributed by atoms with van der Waals surface area (Å²) in [6.45, 7) is 3.06. The summed E-state index contributed by atoms with van der Waals surface area (Å²) in [5.74, 6) is 1.47. The molecule has 0 amide bonds. The average Bonchev–Trinajstić information content (AvgIpc) is 3.52. The lowest BCUT2D eigenvalue weighted by atomic mass is 10.1. The van der Waals surface area contributed by atoms with Crippen LogP contribution in [0.15, 0.2) is 59.4 Å². The van der Waals surface area contributed by atoms with E-state index in [0.717, 1.165) is 41.7 Å². The second kappa shape index (κ2) is 10.1. The zero-order chi connectivity index (χ0) is 23.3. The van der Waals surface area contributed by atoms with Gasteiger partial charge in [0.05, 0.1) is 31.8 Å². The number of tetrazole rings is 1. The van der Waals surface area contributed by atoms with Crippen molar-refractivity contribution in [2.24, 2.45) is 0 Å². The molecule has 9 heteroatoms. The highest BCUT2D eigenvalue weighted by molar-refractivity contribution is 5.80. The topological polar surface area (TPSA) is 98.2 Å². The zero-order valence-electron chi connectivity index (χ0n) is 19.2. The van der Waals surface area contributed by atoms with Crippen LogP contribution in [0.25, 0.3) is 10.9 Å². The van der Waals surface area contributed by atoms with Crippen LogP contribution >= 0.6 is 0 Å². The smallest absolute Gasteiger partial charge is 0.252 e. The molecule has 1 aliphatic rings. The third-order valence-electron chi connectivity index (χ3n) is 6.14. The van der Waals surface area contributed by atoms with Gasteiger partial charge in [-0.1, -0.05) is 30.3 Å². The molecule has 1 atom stereocenters. The van der Waals surface area contributed by atoms with Crippen LogP contribution in [0, 0.1) is 0 Å². The number of benzene rings is 2. The first-order chi connectivity index (χ1) is 16.7. The highest BCUT2D eigenvalue weighted by atomic mass is 16.5. The van der Waals surface area contributed by atoms with Crippen molar-refractivity contribution < 1.29 is 9.47 Å². The second-order valence-electron chi connectivity index (χ2n) is 8.62. The normalized spacial score (nSPS) is 15.9. The highest BCUT2D eigenvalue weighted by Gasteiger charge is 2.20. The first-order valence-electron chi connectivity index (χ1n) is 11.5. The molecule has 4 aromatic rings. The standard InChI is InChI=1S/C25H28N6O3/c1-33-21-10-9-19-12-20(25(32)26-23(19)13-21)15-30(14-18-6-3-2-4-7-18)17-24-27-28-29-31(24)16-22-8-5-11-34-22/h2-4,6-7,9-10,12-13,22H,5,8,11,14-17H2,1H3,(H,26,32)/t22-/m0/s1. The minimum Gasteiger partial charge on any atom is -0.497 e. The van der Waals surface area contributed by atoms with Gasteiger partial charge in [-0.05, 0) is 52.4 Å². The lowest BCUT2D eigenvalue weighted by molar-refractivity contribution is 0.0914. The van der Waals surface area contributed by atoms with Crippen LogP contribution in [-0.2, 0) is 30.9 Å². The Labute approximate surface area is 197 Å². The minimum atomic E-state index is -0.113. The molecule has 1 saturated heterocycles. The summed E-state index contributed by atoms with van der Waals surface area (Å²) in [6, 6.07) is 17.8. The van der Waals surface area contributed by atoms with Crippen molar-refractivity contribution in [3.8, 4) is 5.75 Å². The predicted molar refractivity (Wildman–Crippen MR) is 127 cm³/mol. The van der Waals surface area contributed by atoms with Crippen LogP contribution in [0.2, 0.25) is 0 Å². The first kappa shape index (κ1) is 22.2. The molecule has 176 valence electrons. The summed E-state index contributed by atoms with van der Waals surface area (Å²) in [4.78, 5) is 18.1. The molecule has 34 heavy (non-hydrogen) atoms. The molecule has 2 aromatic carbocycles. The van der Waals surface area contributed by atoms with E-state index in [1.54, 1.807) is 7.11 Å². The van der Waals surface area contributed by atoms with Gasteiger partial charge in [-0.15, -0.1) is 5.10 Å². The van der Waals surface area contributed by atoms with E-state index in [1.165, 1.54) is 0 Å². The predicted octanol–water partition coefficient (Wildman–Crippen LogP) is 2.90. The van der Waals surface area contributed by atoms with Gasteiger partial charge < -0.3 is 14.5 Å². The number of H-pyrrole nitrogens is 1. The molecule has 0 spiro atoms. The average molecular weight is 461 g/mol. The number of nitrogens with zero attached hydrogens (tertiary/aromatic N) is 5. The van der Waals surface area contributed by atoms with E-state index in [1.807, 2.05) is 47.1 Å². The molecular formula is C25H28N6O3. The summed E-state index contributed by atoms with van der Waals surface area (Å²) in [6.07, 6.45) is 2.23. The Morgan fingerprint density at radius 2 is 2.03 bits per heavy atom. The number of aromatic nitrogens is 5. The van der Waals surface area contributed by atoms with Crippen LogP contribution in [0.5, 0.6) is 5.75 Å². The monoisotopic (exact) mass is 460 g/mol. The lowest BCUT2D eigenvalue weighted by Crippen LogP contribution is -2.29. The summed E-state index contributed by atoms with van der Waals surface area (Å²) >= 11 is 0. The summed E-state index contributed by atoms with van der Waals surface area (Å²) < 4.78 is 12.9. The number of fused-ring (bicyclic) bond motifs is 1. The second-order valence-corrected chi connectivity index (χ2v) is 8.62. The third-order valence-corrected chi connectivity index (χ3v) is 6.14. The zero-order valence-corrected chi connectivity index (χ0v) is 19.2. The van der Waals surface area contributed by atoms with Crippen molar-refractivity contribution in [1.82, 2.24) is 30.1 Å². The highest BCUT2D eigenvalue weighted by Crippen LogP contribution is 2.20. The van der Waals surface area contributed by atoms with Crippen molar-refractivity contribution in [1.29, 1.82) is 0 Å². The van der Waals surface area contributed by atoms with Crippen LogP contribution < -0.4 is 10.3 Å². The molecule has 3 heterocycles. The molecule has 0 aliphatic carbocycles. The fraction of sp³-hybridized carbons (Fsp3) is 0.360. The Hall–Kier alpha value is -3.56. The molecule has 1 N–H and O–H groups in total. The molecule has 9 nitrogen and oxygen atoms in total. The summed E-state index contributed by atoms with van der Waals surface area (Å²) in [5, 5.41) is 13.3.